The predicted octanol–water partition coefficient (Wildman–Crippen LogP) is 2.60. The molecule has 10 heteroatoms. The molecule has 33 heavy (non-hydrogen) atoms. The molecule has 0 radical (unpaired) electrons. The van der Waals surface area contributed by atoms with Crippen LogP contribution in [0.1, 0.15) is 47.0 Å². The number of carbonyl (C=O) groups is 2. The first kappa shape index (κ1) is 24.8. The largest absolute Gasteiger partial charge is 0.355 e. The van der Waals surface area contributed by atoms with Crippen LogP contribution in [0.3, 0.4) is 0 Å². The summed E-state index contributed by atoms with van der Waals surface area (Å²) in [6, 6.07) is 7.31. The maximum atomic E-state index is 13.2. The smallest absolute Gasteiger partial charge is 0.262 e. The number of fused-ring (bicyclic) bond motifs is 3. The molecule has 2 N–H and O–H groups in total. The van der Waals surface area contributed by atoms with Gasteiger partial charge in [0.2, 0.25) is 17.6 Å². The maximum absolute atomic E-state index is 13.2. The number of hydrogen-bond donors (Lipinski definition) is 2. The number of benzene rings is 1. The van der Waals surface area contributed by atoms with E-state index in [-0.39, 0.29) is 42.1 Å². The van der Waals surface area contributed by atoms with Gasteiger partial charge in [-0.05, 0) is 37.8 Å². The van der Waals surface area contributed by atoms with Crippen LogP contribution in [0.15, 0.2) is 34.2 Å². The van der Waals surface area contributed by atoms with Gasteiger partial charge in [-0.1, -0.05) is 44.7 Å². The lowest BCUT2D eigenvalue weighted by Crippen LogP contribution is -2.33. The number of nitrogens with zero attached hydrogens (tertiary/aromatic N) is 4. The molecule has 1 aromatic carbocycles. The monoisotopic (exact) mass is 472 g/mol. The van der Waals surface area contributed by atoms with Gasteiger partial charge in [-0.25, -0.2) is 0 Å². The van der Waals surface area contributed by atoms with E-state index >= 15 is 0 Å². The van der Waals surface area contributed by atoms with E-state index in [4.69, 9.17) is 0 Å². The van der Waals surface area contributed by atoms with Crippen LogP contribution in [0.4, 0.5) is 0 Å². The Morgan fingerprint density at radius 1 is 1.12 bits per heavy atom. The van der Waals surface area contributed by atoms with Crippen molar-refractivity contribution in [2.45, 2.75) is 64.7 Å². The summed E-state index contributed by atoms with van der Waals surface area (Å²) >= 11 is 1.27. The maximum Gasteiger partial charge on any atom is 0.262 e. The number of hydrogen-bond acceptors (Lipinski definition) is 6. The van der Waals surface area contributed by atoms with E-state index in [9.17, 15) is 14.4 Å². The molecule has 0 saturated heterocycles. The van der Waals surface area contributed by atoms with Gasteiger partial charge in [0.05, 0.1) is 16.7 Å². The number of para-hydroxylation sites is 1. The number of rotatable bonds is 11. The van der Waals surface area contributed by atoms with Gasteiger partial charge in [0, 0.05) is 25.6 Å². The number of nitrogens with one attached hydrogen (secondary N) is 2. The van der Waals surface area contributed by atoms with Crippen molar-refractivity contribution < 1.29 is 9.59 Å². The fourth-order valence-corrected chi connectivity index (χ4v) is 4.14. The van der Waals surface area contributed by atoms with Crippen molar-refractivity contribution in [3.63, 3.8) is 0 Å². The van der Waals surface area contributed by atoms with E-state index in [1.54, 1.807) is 16.5 Å². The molecule has 2 heterocycles. The summed E-state index contributed by atoms with van der Waals surface area (Å²) in [6.07, 6.45) is 1.92. The zero-order valence-electron chi connectivity index (χ0n) is 19.6. The van der Waals surface area contributed by atoms with Crippen molar-refractivity contribution in [2.75, 3.05) is 12.3 Å². The standard InChI is InChI=1S/C23H32N6O3S/c1-5-16(4)25-19(30)11-13-28-21(32)17-8-6-7-9-18(17)29-22(28)26-27-23(29)33-14-20(31)24-12-10-15(2)3/h6-9,15-16H,5,10-14H2,1-4H3,(H,24,31)(H,25,30). The van der Waals surface area contributed by atoms with Crippen LogP contribution in [0.25, 0.3) is 16.7 Å². The highest BCUT2D eigenvalue weighted by atomic mass is 32.2. The molecule has 3 aromatic rings. The van der Waals surface area contributed by atoms with Gasteiger partial charge in [-0.2, -0.15) is 0 Å². The molecule has 0 fully saturated rings. The van der Waals surface area contributed by atoms with E-state index in [0.717, 1.165) is 12.8 Å². The third-order valence-electron chi connectivity index (χ3n) is 5.44. The Bertz CT molecular complexity index is 1190. The average Bonchev–Trinajstić information content (AvgIpc) is 3.21. The topological polar surface area (TPSA) is 110 Å². The summed E-state index contributed by atoms with van der Waals surface area (Å²) in [5, 5.41) is 15.4. The lowest BCUT2D eigenvalue weighted by Gasteiger charge is -2.13. The van der Waals surface area contributed by atoms with Gasteiger partial charge >= 0.3 is 0 Å². The fourth-order valence-electron chi connectivity index (χ4n) is 3.37. The summed E-state index contributed by atoms with van der Waals surface area (Å²) < 4.78 is 3.27. The Labute approximate surface area is 197 Å². The molecule has 178 valence electrons. The Morgan fingerprint density at radius 2 is 1.88 bits per heavy atom. The van der Waals surface area contributed by atoms with Crippen molar-refractivity contribution >= 4 is 40.3 Å². The molecule has 0 aliphatic carbocycles. The van der Waals surface area contributed by atoms with Crippen LogP contribution in [0.5, 0.6) is 0 Å². The zero-order valence-corrected chi connectivity index (χ0v) is 20.4. The van der Waals surface area contributed by atoms with Gasteiger partial charge in [0.15, 0.2) is 5.16 Å². The van der Waals surface area contributed by atoms with Crippen LogP contribution in [0, 0.1) is 5.92 Å². The van der Waals surface area contributed by atoms with Crippen LogP contribution in [-0.4, -0.2) is 49.3 Å². The highest BCUT2D eigenvalue weighted by Crippen LogP contribution is 2.21. The van der Waals surface area contributed by atoms with Gasteiger partial charge in [0.25, 0.3) is 5.56 Å². The second-order valence-electron chi connectivity index (χ2n) is 8.54. The molecule has 0 aliphatic heterocycles. The third kappa shape index (κ3) is 6.13. The Balaban J connectivity index is 1.86. The quantitative estimate of drug-likeness (QED) is 0.415. The highest BCUT2D eigenvalue weighted by molar-refractivity contribution is 7.99. The molecule has 0 saturated carbocycles. The van der Waals surface area contributed by atoms with Crippen molar-refractivity contribution in [1.29, 1.82) is 0 Å². The van der Waals surface area contributed by atoms with E-state index in [0.29, 0.717) is 34.3 Å². The predicted molar refractivity (Wildman–Crippen MR) is 130 cm³/mol. The minimum absolute atomic E-state index is 0.0725. The minimum atomic E-state index is -0.218. The Hall–Kier alpha value is -2.88. The van der Waals surface area contributed by atoms with Crippen molar-refractivity contribution in [3.05, 3.63) is 34.6 Å². The molecule has 1 atom stereocenters. The molecule has 0 bridgehead atoms. The molecule has 3 rings (SSSR count). The lowest BCUT2D eigenvalue weighted by atomic mass is 10.1. The molecule has 2 amide bonds. The van der Waals surface area contributed by atoms with Gasteiger partial charge in [-0.3, -0.25) is 23.4 Å². The first-order valence-corrected chi connectivity index (χ1v) is 12.4. The van der Waals surface area contributed by atoms with E-state index in [2.05, 4.69) is 34.7 Å². The second-order valence-corrected chi connectivity index (χ2v) is 9.48. The Morgan fingerprint density at radius 3 is 2.61 bits per heavy atom. The van der Waals surface area contributed by atoms with E-state index in [1.165, 1.54) is 16.3 Å². The number of aromatic nitrogens is 4. The van der Waals surface area contributed by atoms with Gasteiger partial charge in [-0.15, -0.1) is 10.2 Å². The molecule has 0 spiro atoms. The van der Waals surface area contributed by atoms with Crippen LogP contribution in [-0.2, 0) is 16.1 Å². The first-order chi connectivity index (χ1) is 15.8. The molecular formula is C23H32N6O3S. The number of amides is 2. The second kappa shape index (κ2) is 11.3. The van der Waals surface area contributed by atoms with Crippen LogP contribution >= 0.6 is 11.8 Å². The van der Waals surface area contributed by atoms with E-state index < -0.39 is 0 Å². The fraction of sp³-hybridized carbons (Fsp3) is 0.522. The number of carbonyl (C=O) groups excluding carboxylic acids is 2. The van der Waals surface area contributed by atoms with Crippen molar-refractivity contribution in [2.24, 2.45) is 5.92 Å². The first-order valence-electron chi connectivity index (χ1n) is 11.4. The van der Waals surface area contributed by atoms with Crippen LogP contribution in [0.2, 0.25) is 0 Å². The third-order valence-corrected chi connectivity index (χ3v) is 6.37. The summed E-state index contributed by atoms with van der Waals surface area (Å²) in [4.78, 5) is 37.7. The normalized spacial score (nSPS) is 12.4. The van der Waals surface area contributed by atoms with E-state index in [1.807, 2.05) is 26.0 Å². The summed E-state index contributed by atoms with van der Waals surface area (Å²) in [6.45, 7) is 9.00. The summed E-state index contributed by atoms with van der Waals surface area (Å²) in [5.41, 5.74) is 0.454. The van der Waals surface area contributed by atoms with Crippen molar-refractivity contribution in [1.82, 2.24) is 29.8 Å². The average molecular weight is 473 g/mol. The summed E-state index contributed by atoms with van der Waals surface area (Å²) in [5.74, 6) is 0.891. The highest BCUT2D eigenvalue weighted by Gasteiger charge is 2.18. The van der Waals surface area contributed by atoms with Gasteiger partial charge < -0.3 is 10.6 Å². The number of aryl methyl sites for hydroxylation is 1. The van der Waals surface area contributed by atoms with Gasteiger partial charge in [0.1, 0.15) is 0 Å². The zero-order chi connectivity index (χ0) is 24.0. The molecule has 0 aliphatic rings. The lowest BCUT2D eigenvalue weighted by molar-refractivity contribution is -0.122. The SMILES string of the molecule is CCC(C)NC(=O)CCn1c(=O)c2ccccc2n2c(SCC(=O)NCCC(C)C)nnc12. The number of thioether (sulfide) groups is 1. The van der Waals surface area contributed by atoms with Crippen molar-refractivity contribution in [3.8, 4) is 0 Å². The Kier molecular flexibility index (Phi) is 8.49. The molecule has 2 aromatic heterocycles. The molecular weight excluding hydrogens is 440 g/mol. The molecule has 1 unspecified atom stereocenters. The minimum Gasteiger partial charge on any atom is -0.355 e. The summed E-state index contributed by atoms with van der Waals surface area (Å²) in [7, 11) is 0. The van der Waals surface area contributed by atoms with Crippen LogP contribution < -0.4 is 16.2 Å². The molecule has 9 nitrogen and oxygen atoms in total.